The first-order valence-corrected chi connectivity index (χ1v) is 13.8. The lowest BCUT2D eigenvalue weighted by atomic mass is 9.78. The van der Waals surface area contributed by atoms with Crippen molar-refractivity contribution in [2.24, 2.45) is 0 Å². The molecule has 1 N–H and O–H groups in total. The molecule has 0 aliphatic heterocycles. The van der Waals surface area contributed by atoms with Crippen molar-refractivity contribution in [1.29, 1.82) is 0 Å². The summed E-state index contributed by atoms with van der Waals surface area (Å²) in [7, 11) is 0. The average molecular weight is 557 g/mol. The van der Waals surface area contributed by atoms with E-state index in [2.05, 4.69) is 58.6 Å². The first kappa shape index (κ1) is 28.1. The summed E-state index contributed by atoms with van der Waals surface area (Å²) in [4.78, 5) is 16.4. The highest BCUT2D eigenvalue weighted by Crippen LogP contribution is 2.35. The Balaban J connectivity index is 1.15. The highest BCUT2D eigenvalue weighted by atomic mass is 16.6. The fourth-order valence-electron chi connectivity index (χ4n) is 4.56. The highest BCUT2D eigenvalue weighted by molar-refractivity contribution is 5.68. The van der Waals surface area contributed by atoms with Gasteiger partial charge in [0.05, 0.1) is 0 Å². The number of aryl methyl sites for hydroxylation is 1. The molecule has 1 aliphatic rings. The molecule has 5 rings (SSSR count). The molecule has 1 amide bonds. The number of aromatic nitrogens is 3. The van der Waals surface area contributed by atoms with E-state index >= 15 is 0 Å². The Bertz CT molecular complexity index is 1480. The number of benzene rings is 2. The van der Waals surface area contributed by atoms with Crippen LogP contribution in [0.2, 0.25) is 0 Å². The van der Waals surface area contributed by atoms with Gasteiger partial charge in [0.1, 0.15) is 29.4 Å². The maximum Gasteiger partial charge on any atom is 0.407 e. The van der Waals surface area contributed by atoms with E-state index in [1.807, 2.05) is 51.1 Å². The van der Waals surface area contributed by atoms with Crippen LogP contribution in [-0.2, 0) is 10.2 Å². The second-order valence-electron chi connectivity index (χ2n) is 11.9. The van der Waals surface area contributed by atoms with Crippen LogP contribution in [0.4, 0.5) is 4.79 Å². The summed E-state index contributed by atoms with van der Waals surface area (Å²) >= 11 is 0. The molecule has 1 fully saturated rings. The molecule has 41 heavy (non-hydrogen) atoms. The lowest BCUT2D eigenvalue weighted by Gasteiger charge is -2.35. The van der Waals surface area contributed by atoms with Crippen molar-refractivity contribution in [2.75, 3.05) is 0 Å². The Labute approximate surface area is 240 Å². The zero-order valence-electron chi connectivity index (χ0n) is 24.3. The van der Waals surface area contributed by atoms with Crippen molar-refractivity contribution in [1.82, 2.24) is 20.5 Å². The van der Waals surface area contributed by atoms with Crippen LogP contribution >= 0.6 is 0 Å². The van der Waals surface area contributed by atoms with Gasteiger partial charge in [-0.05, 0) is 62.2 Å². The minimum absolute atomic E-state index is 0.0418. The van der Waals surface area contributed by atoms with Crippen LogP contribution in [0.25, 0.3) is 11.6 Å². The predicted octanol–water partition coefficient (Wildman–Crippen LogP) is 6.99. The summed E-state index contributed by atoms with van der Waals surface area (Å²) < 4.78 is 23.0. The number of ether oxygens (including phenoxy) is 3. The van der Waals surface area contributed by atoms with Gasteiger partial charge in [0.2, 0.25) is 11.8 Å². The van der Waals surface area contributed by atoms with Gasteiger partial charge in [-0.1, -0.05) is 44.2 Å². The van der Waals surface area contributed by atoms with Crippen molar-refractivity contribution in [3.63, 3.8) is 0 Å². The first-order chi connectivity index (χ1) is 19.4. The molecular weight excluding hydrogens is 520 g/mol. The van der Waals surface area contributed by atoms with E-state index in [0.717, 1.165) is 16.9 Å². The summed E-state index contributed by atoms with van der Waals surface area (Å²) in [6, 6.07) is 21.6. The SMILES string of the molecule is Cc1nnc(-c2cccc(Oc3ccc(C(C)(C)c4ccc(OC5CC(OC(=O)NC(C)(C)C)C5)cc4)cc3)n2)o1. The van der Waals surface area contributed by atoms with Crippen LogP contribution in [0, 0.1) is 6.92 Å². The van der Waals surface area contributed by atoms with Crippen LogP contribution < -0.4 is 14.8 Å². The van der Waals surface area contributed by atoms with Crippen LogP contribution in [-0.4, -0.2) is 39.0 Å². The summed E-state index contributed by atoms with van der Waals surface area (Å²) in [6.07, 6.45) is 0.932. The van der Waals surface area contributed by atoms with Gasteiger partial charge in [0.15, 0.2) is 0 Å². The lowest BCUT2D eigenvalue weighted by Crippen LogP contribution is -2.46. The van der Waals surface area contributed by atoms with Gasteiger partial charge >= 0.3 is 6.09 Å². The van der Waals surface area contributed by atoms with Gasteiger partial charge in [-0.15, -0.1) is 10.2 Å². The normalized spacial score (nSPS) is 16.9. The standard InChI is InChI=1S/C32H36N4O5/c1-20-35-36-29(38-20)27-8-7-9-28(33-27)40-24-16-12-22(13-17-24)32(5,6)21-10-14-23(15-11-21)39-25-18-26(19-25)41-30(37)34-31(2,3)4/h7-17,25-26H,18-19H2,1-6H3,(H,34,37). The van der Waals surface area contributed by atoms with Gasteiger partial charge in [0.25, 0.3) is 5.89 Å². The van der Waals surface area contributed by atoms with E-state index in [0.29, 0.717) is 41.9 Å². The van der Waals surface area contributed by atoms with Gasteiger partial charge in [-0.2, -0.15) is 0 Å². The molecule has 214 valence electrons. The molecule has 4 aromatic rings. The molecule has 9 nitrogen and oxygen atoms in total. The van der Waals surface area contributed by atoms with E-state index in [4.69, 9.17) is 18.6 Å². The Hall–Kier alpha value is -4.40. The molecule has 9 heteroatoms. The average Bonchev–Trinajstić information content (AvgIpc) is 3.33. The summed E-state index contributed by atoms with van der Waals surface area (Å²) in [5, 5.41) is 10.7. The quantitative estimate of drug-likeness (QED) is 0.247. The first-order valence-electron chi connectivity index (χ1n) is 13.8. The fourth-order valence-corrected chi connectivity index (χ4v) is 4.56. The van der Waals surface area contributed by atoms with E-state index in [1.165, 1.54) is 0 Å². The second-order valence-corrected chi connectivity index (χ2v) is 11.9. The molecule has 2 aromatic carbocycles. The number of carbonyl (C=O) groups excluding carboxylic acids is 1. The molecule has 0 bridgehead atoms. The number of rotatable bonds is 8. The molecule has 1 saturated carbocycles. The van der Waals surface area contributed by atoms with Gasteiger partial charge in [-0.3, -0.25) is 0 Å². The number of amides is 1. The number of pyridine rings is 1. The van der Waals surface area contributed by atoms with Gasteiger partial charge in [0, 0.05) is 36.8 Å². The zero-order valence-corrected chi connectivity index (χ0v) is 24.3. The Kier molecular flexibility index (Phi) is 7.71. The Morgan fingerprint density at radius 3 is 2.07 bits per heavy atom. The van der Waals surface area contributed by atoms with Crippen molar-refractivity contribution >= 4 is 6.09 Å². The minimum Gasteiger partial charge on any atom is -0.490 e. The fraction of sp³-hybridized carbons (Fsp3) is 0.375. The molecular formula is C32H36N4O5. The van der Waals surface area contributed by atoms with Crippen molar-refractivity contribution in [3.8, 4) is 29.0 Å². The monoisotopic (exact) mass is 556 g/mol. The molecule has 1 aliphatic carbocycles. The van der Waals surface area contributed by atoms with E-state index in [9.17, 15) is 4.79 Å². The topological polar surface area (TPSA) is 109 Å². The molecule has 0 radical (unpaired) electrons. The van der Waals surface area contributed by atoms with E-state index in [-0.39, 0.29) is 29.3 Å². The largest absolute Gasteiger partial charge is 0.490 e. The number of hydrogen-bond donors (Lipinski definition) is 1. The summed E-state index contributed by atoms with van der Waals surface area (Å²) in [6.45, 7) is 11.9. The lowest BCUT2D eigenvalue weighted by molar-refractivity contribution is -0.0243. The van der Waals surface area contributed by atoms with Crippen molar-refractivity contribution < 1.29 is 23.4 Å². The molecule has 0 unspecified atom stereocenters. The Morgan fingerprint density at radius 2 is 1.49 bits per heavy atom. The number of alkyl carbamates (subject to hydrolysis) is 1. The molecule has 0 atom stereocenters. The molecule has 2 aromatic heterocycles. The summed E-state index contributed by atoms with van der Waals surface area (Å²) in [5.41, 5.74) is 2.32. The molecule has 0 saturated heterocycles. The summed E-state index contributed by atoms with van der Waals surface area (Å²) in [5.74, 6) is 2.76. The second kappa shape index (κ2) is 11.2. The number of nitrogens with one attached hydrogen (secondary N) is 1. The van der Waals surface area contributed by atoms with Gasteiger partial charge in [-0.25, -0.2) is 9.78 Å². The van der Waals surface area contributed by atoms with Crippen LogP contribution in [0.15, 0.2) is 71.1 Å². The number of nitrogens with zero attached hydrogens (tertiary/aromatic N) is 3. The Morgan fingerprint density at radius 1 is 0.854 bits per heavy atom. The van der Waals surface area contributed by atoms with Crippen LogP contribution in [0.5, 0.6) is 17.4 Å². The third-order valence-corrected chi connectivity index (χ3v) is 6.95. The predicted molar refractivity (Wildman–Crippen MR) is 154 cm³/mol. The molecule has 2 heterocycles. The third kappa shape index (κ3) is 7.03. The molecule has 0 spiro atoms. The highest BCUT2D eigenvalue weighted by Gasteiger charge is 2.34. The smallest absolute Gasteiger partial charge is 0.407 e. The van der Waals surface area contributed by atoms with E-state index < -0.39 is 0 Å². The maximum absolute atomic E-state index is 11.9. The number of hydrogen-bond acceptors (Lipinski definition) is 8. The minimum atomic E-state index is -0.381. The third-order valence-electron chi connectivity index (χ3n) is 6.95. The zero-order chi connectivity index (χ0) is 29.2. The van der Waals surface area contributed by atoms with E-state index in [1.54, 1.807) is 19.1 Å². The maximum atomic E-state index is 11.9. The van der Waals surface area contributed by atoms with Crippen LogP contribution in [0.3, 0.4) is 0 Å². The van der Waals surface area contributed by atoms with Crippen molar-refractivity contribution in [3.05, 3.63) is 83.7 Å². The van der Waals surface area contributed by atoms with Crippen molar-refractivity contribution in [2.45, 2.75) is 77.5 Å². The van der Waals surface area contributed by atoms with Crippen LogP contribution in [0.1, 0.15) is 64.5 Å². The van der Waals surface area contributed by atoms with Gasteiger partial charge < -0.3 is 23.9 Å². The number of carbonyl (C=O) groups is 1.